The summed E-state index contributed by atoms with van der Waals surface area (Å²) in [6.45, 7) is 0.533. The van der Waals surface area contributed by atoms with Crippen LogP contribution in [0.5, 0.6) is 11.6 Å². The number of halogens is 1. The molecule has 0 fully saturated rings. The van der Waals surface area contributed by atoms with Gasteiger partial charge in [0.15, 0.2) is 5.15 Å². The second-order valence-electron chi connectivity index (χ2n) is 3.33. The summed E-state index contributed by atoms with van der Waals surface area (Å²) < 4.78 is 10.6. The van der Waals surface area contributed by atoms with Gasteiger partial charge in [0, 0.05) is 19.5 Å². The Bertz CT molecular complexity index is 505. The predicted octanol–water partition coefficient (Wildman–Crippen LogP) is 3.07. The normalized spacial score (nSPS) is 10.2. The quantitative estimate of drug-likeness (QED) is 0.837. The third-order valence-corrected chi connectivity index (χ3v) is 2.31. The Balaban J connectivity index is 2.18. The van der Waals surface area contributed by atoms with E-state index in [1.54, 1.807) is 7.11 Å². The smallest absolute Gasteiger partial charge is 0.257 e. The summed E-state index contributed by atoms with van der Waals surface area (Å²) in [5, 5.41) is 0.240. The Kier molecular flexibility index (Phi) is 3.90. The molecule has 0 aliphatic carbocycles. The molecular weight excluding hydrogens is 240 g/mol. The van der Waals surface area contributed by atoms with Crippen LogP contribution in [-0.4, -0.2) is 17.1 Å². The summed E-state index contributed by atoms with van der Waals surface area (Å²) in [7, 11) is 1.65. The van der Waals surface area contributed by atoms with Crippen LogP contribution in [-0.2, 0) is 11.3 Å². The minimum atomic E-state index is 0.240. The molecule has 0 saturated heterocycles. The lowest BCUT2D eigenvalue weighted by Gasteiger charge is -2.06. The highest BCUT2D eigenvalue weighted by molar-refractivity contribution is 6.30. The van der Waals surface area contributed by atoms with Gasteiger partial charge in [-0.25, -0.2) is 9.97 Å². The van der Waals surface area contributed by atoms with E-state index in [1.807, 2.05) is 24.3 Å². The number of hydrogen-bond acceptors (Lipinski definition) is 4. The maximum Gasteiger partial charge on any atom is 0.257 e. The number of nitrogens with zero attached hydrogens (tertiary/aromatic N) is 2. The molecule has 0 saturated carbocycles. The van der Waals surface area contributed by atoms with E-state index in [0.717, 1.165) is 5.56 Å². The molecule has 0 aliphatic rings. The molecule has 0 N–H and O–H groups in total. The fraction of sp³-hybridized carbons (Fsp3) is 0.167. The number of methoxy groups -OCH3 is 1. The lowest BCUT2D eigenvalue weighted by atomic mass is 10.2. The second-order valence-corrected chi connectivity index (χ2v) is 3.69. The van der Waals surface area contributed by atoms with Gasteiger partial charge in [-0.15, -0.1) is 0 Å². The van der Waals surface area contributed by atoms with Gasteiger partial charge in [0.25, 0.3) is 5.88 Å². The van der Waals surface area contributed by atoms with Crippen LogP contribution in [0.4, 0.5) is 0 Å². The van der Waals surface area contributed by atoms with Crippen molar-refractivity contribution < 1.29 is 9.47 Å². The summed E-state index contributed by atoms with van der Waals surface area (Å²) in [6, 6.07) is 7.53. The van der Waals surface area contributed by atoms with Crippen LogP contribution in [0.1, 0.15) is 5.56 Å². The van der Waals surface area contributed by atoms with Gasteiger partial charge >= 0.3 is 0 Å². The van der Waals surface area contributed by atoms with Gasteiger partial charge in [0.05, 0.1) is 6.61 Å². The molecule has 0 unspecified atom stereocenters. The topological polar surface area (TPSA) is 44.2 Å². The molecule has 1 heterocycles. The average molecular weight is 251 g/mol. The van der Waals surface area contributed by atoms with Crippen LogP contribution in [0.15, 0.2) is 36.7 Å². The maximum atomic E-state index is 5.85. The minimum absolute atomic E-state index is 0.240. The molecule has 0 amide bonds. The molecule has 0 radical (unpaired) electrons. The molecular formula is C12H11ClN2O2. The van der Waals surface area contributed by atoms with E-state index in [4.69, 9.17) is 21.1 Å². The van der Waals surface area contributed by atoms with E-state index in [1.165, 1.54) is 12.4 Å². The monoisotopic (exact) mass is 250 g/mol. The molecule has 0 bridgehead atoms. The molecule has 0 aliphatic heterocycles. The first kappa shape index (κ1) is 11.8. The number of hydrogen-bond donors (Lipinski definition) is 0. The van der Waals surface area contributed by atoms with E-state index >= 15 is 0 Å². The van der Waals surface area contributed by atoms with Crippen LogP contribution < -0.4 is 4.74 Å². The summed E-state index contributed by atoms with van der Waals surface area (Å²) in [4.78, 5) is 7.89. The highest BCUT2D eigenvalue weighted by atomic mass is 35.5. The lowest BCUT2D eigenvalue weighted by Crippen LogP contribution is -1.92. The van der Waals surface area contributed by atoms with Gasteiger partial charge in [-0.1, -0.05) is 23.7 Å². The largest absolute Gasteiger partial charge is 0.436 e. The number of aromatic nitrogens is 2. The van der Waals surface area contributed by atoms with Crippen LogP contribution in [0.25, 0.3) is 0 Å². The summed E-state index contributed by atoms with van der Waals surface area (Å²) >= 11 is 5.85. The van der Waals surface area contributed by atoms with E-state index in [-0.39, 0.29) is 5.15 Å². The standard InChI is InChI=1S/C12H11ClN2O2/c1-16-8-9-3-2-4-10(7-9)17-12-11(13)14-5-6-15-12/h2-7H,8H2,1H3. The van der Waals surface area contributed by atoms with Crippen LogP contribution >= 0.6 is 11.6 Å². The Labute approximate surface area is 104 Å². The predicted molar refractivity (Wildman–Crippen MR) is 64.3 cm³/mol. The zero-order valence-electron chi connectivity index (χ0n) is 9.26. The van der Waals surface area contributed by atoms with Crippen molar-refractivity contribution in [1.29, 1.82) is 0 Å². The first-order valence-electron chi connectivity index (χ1n) is 5.02. The van der Waals surface area contributed by atoms with E-state index in [0.29, 0.717) is 18.2 Å². The van der Waals surface area contributed by atoms with Crippen LogP contribution in [0.2, 0.25) is 5.15 Å². The van der Waals surface area contributed by atoms with Crippen molar-refractivity contribution in [2.45, 2.75) is 6.61 Å². The Morgan fingerprint density at radius 1 is 1.24 bits per heavy atom. The lowest BCUT2D eigenvalue weighted by molar-refractivity contribution is 0.184. The van der Waals surface area contributed by atoms with E-state index in [2.05, 4.69) is 9.97 Å². The highest BCUT2D eigenvalue weighted by Gasteiger charge is 2.05. The molecule has 0 spiro atoms. The fourth-order valence-electron chi connectivity index (χ4n) is 1.35. The van der Waals surface area contributed by atoms with Crippen molar-refractivity contribution in [3.63, 3.8) is 0 Å². The van der Waals surface area contributed by atoms with Crippen molar-refractivity contribution in [1.82, 2.24) is 9.97 Å². The zero-order valence-corrected chi connectivity index (χ0v) is 10.0. The first-order valence-corrected chi connectivity index (χ1v) is 5.39. The fourth-order valence-corrected chi connectivity index (χ4v) is 1.50. The second kappa shape index (κ2) is 5.61. The third kappa shape index (κ3) is 3.15. The van der Waals surface area contributed by atoms with Crippen molar-refractivity contribution in [2.75, 3.05) is 7.11 Å². The Morgan fingerprint density at radius 2 is 2.06 bits per heavy atom. The molecule has 1 aromatic carbocycles. The van der Waals surface area contributed by atoms with Crippen molar-refractivity contribution in [2.24, 2.45) is 0 Å². The number of benzene rings is 1. The summed E-state index contributed by atoms with van der Waals surface area (Å²) in [6.07, 6.45) is 3.04. The van der Waals surface area contributed by atoms with E-state index < -0.39 is 0 Å². The highest BCUT2D eigenvalue weighted by Crippen LogP contribution is 2.25. The third-order valence-electron chi connectivity index (χ3n) is 2.05. The SMILES string of the molecule is COCc1cccc(Oc2nccnc2Cl)c1. The van der Waals surface area contributed by atoms with Crippen LogP contribution in [0.3, 0.4) is 0 Å². The zero-order chi connectivity index (χ0) is 12.1. The van der Waals surface area contributed by atoms with Gasteiger partial charge in [0.1, 0.15) is 5.75 Å². The average Bonchev–Trinajstić information content (AvgIpc) is 2.33. The first-order chi connectivity index (χ1) is 8.29. The minimum Gasteiger partial charge on any atom is -0.436 e. The molecule has 17 heavy (non-hydrogen) atoms. The van der Waals surface area contributed by atoms with Crippen LogP contribution in [0, 0.1) is 0 Å². The Hall–Kier alpha value is -1.65. The summed E-state index contributed by atoms with van der Waals surface area (Å²) in [5.74, 6) is 0.950. The van der Waals surface area contributed by atoms with Gasteiger partial charge < -0.3 is 9.47 Å². The molecule has 2 aromatic rings. The van der Waals surface area contributed by atoms with Gasteiger partial charge in [-0.3, -0.25) is 0 Å². The number of rotatable bonds is 4. The van der Waals surface area contributed by atoms with Crippen molar-refractivity contribution in [3.8, 4) is 11.6 Å². The van der Waals surface area contributed by atoms with Crippen molar-refractivity contribution in [3.05, 3.63) is 47.4 Å². The molecule has 88 valence electrons. The summed E-state index contributed by atoms with van der Waals surface area (Å²) in [5.41, 5.74) is 1.02. The molecule has 4 nitrogen and oxygen atoms in total. The molecule has 5 heteroatoms. The van der Waals surface area contributed by atoms with E-state index in [9.17, 15) is 0 Å². The molecule has 0 atom stereocenters. The number of ether oxygens (including phenoxy) is 2. The maximum absolute atomic E-state index is 5.85. The van der Waals surface area contributed by atoms with Gasteiger partial charge in [-0.2, -0.15) is 0 Å². The molecule has 1 aromatic heterocycles. The van der Waals surface area contributed by atoms with Gasteiger partial charge in [0.2, 0.25) is 0 Å². The van der Waals surface area contributed by atoms with Gasteiger partial charge in [-0.05, 0) is 17.7 Å². The Morgan fingerprint density at radius 3 is 2.82 bits per heavy atom. The van der Waals surface area contributed by atoms with Crippen molar-refractivity contribution >= 4 is 11.6 Å². The molecule has 2 rings (SSSR count).